The van der Waals surface area contributed by atoms with Crippen molar-refractivity contribution >= 4 is 14.3 Å². The zero-order chi connectivity index (χ0) is 18.7. The largest absolute Gasteiger partial charge is 0.444 e. The average molecular weight is 356 g/mol. The standard InChI is InChI=1S/C21H29NO2Si/c1-21(2,3)24-20(23)22(25(4,5)6)16-17-12-14-19(15-13-17)18-10-8-7-9-11-18/h7-15H,16H2,1-6H3. The lowest BCUT2D eigenvalue weighted by atomic mass is 10.0. The maximum absolute atomic E-state index is 12.6. The normalized spacial score (nSPS) is 11.9. The van der Waals surface area contributed by atoms with E-state index in [1.165, 1.54) is 11.1 Å². The van der Waals surface area contributed by atoms with Crippen molar-refractivity contribution in [3.8, 4) is 11.1 Å². The molecule has 0 atom stereocenters. The minimum atomic E-state index is -1.85. The smallest absolute Gasteiger partial charge is 0.402 e. The lowest BCUT2D eigenvalue weighted by Crippen LogP contribution is -2.50. The van der Waals surface area contributed by atoms with Crippen LogP contribution in [0.5, 0.6) is 0 Å². The van der Waals surface area contributed by atoms with Gasteiger partial charge in [-0.15, -0.1) is 0 Å². The van der Waals surface area contributed by atoms with Crippen LogP contribution in [-0.4, -0.2) is 24.5 Å². The van der Waals surface area contributed by atoms with E-state index in [0.717, 1.165) is 5.56 Å². The van der Waals surface area contributed by atoms with Crippen LogP contribution >= 0.6 is 0 Å². The Bertz CT molecular complexity index is 697. The van der Waals surface area contributed by atoms with E-state index in [1.54, 1.807) is 0 Å². The molecule has 0 saturated heterocycles. The van der Waals surface area contributed by atoms with E-state index in [2.05, 4.69) is 56.0 Å². The van der Waals surface area contributed by atoms with E-state index < -0.39 is 13.8 Å². The van der Waals surface area contributed by atoms with Gasteiger partial charge in [0.05, 0.1) is 0 Å². The highest BCUT2D eigenvalue weighted by atomic mass is 28.3. The molecule has 0 saturated carbocycles. The SMILES string of the molecule is CC(C)(C)OC(=O)N(Cc1ccc(-c2ccccc2)cc1)[Si](C)(C)C. The minimum absolute atomic E-state index is 0.223. The van der Waals surface area contributed by atoms with Crippen molar-refractivity contribution in [3.63, 3.8) is 0 Å². The van der Waals surface area contributed by atoms with E-state index in [4.69, 9.17) is 4.74 Å². The molecule has 25 heavy (non-hydrogen) atoms. The Morgan fingerprint density at radius 3 is 1.92 bits per heavy atom. The van der Waals surface area contributed by atoms with Gasteiger partial charge in [-0.25, -0.2) is 4.79 Å². The maximum atomic E-state index is 12.6. The number of carbonyl (C=O) groups excluding carboxylic acids is 1. The molecule has 0 N–H and O–H groups in total. The zero-order valence-electron chi connectivity index (χ0n) is 16.2. The summed E-state index contributed by atoms with van der Waals surface area (Å²) < 4.78 is 7.53. The highest BCUT2D eigenvalue weighted by Gasteiger charge is 2.32. The van der Waals surface area contributed by atoms with Crippen molar-refractivity contribution in [1.82, 2.24) is 4.57 Å². The van der Waals surface area contributed by atoms with Crippen LogP contribution in [0, 0.1) is 0 Å². The molecule has 0 aromatic heterocycles. The van der Waals surface area contributed by atoms with Crippen LogP contribution < -0.4 is 0 Å². The Labute approximate surface area is 152 Å². The lowest BCUT2D eigenvalue weighted by molar-refractivity contribution is 0.0365. The van der Waals surface area contributed by atoms with Crippen LogP contribution in [0.4, 0.5) is 4.79 Å². The molecular formula is C21H29NO2Si. The number of rotatable bonds is 4. The molecule has 1 amide bonds. The monoisotopic (exact) mass is 355 g/mol. The molecule has 134 valence electrons. The second kappa shape index (κ2) is 7.44. The van der Waals surface area contributed by atoms with Gasteiger partial charge in [0.25, 0.3) is 0 Å². The summed E-state index contributed by atoms with van der Waals surface area (Å²) in [7, 11) is -1.85. The van der Waals surface area contributed by atoms with Crippen LogP contribution in [0.25, 0.3) is 11.1 Å². The highest BCUT2D eigenvalue weighted by molar-refractivity contribution is 6.75. The van der Waals surface area contributed by atoms with Crippen molar-refractivity contribution in [2.75, 3.05) is 0 Å². The van der Waals surface area contributed by atoms with Gasteiger partial charge in [-0.05, 0) is 37.5 Å². The lowest BCUT2D eigenvalue weighted by Gasteiger charge is -2.35. The molecule has 3 nitrogen and oxygen atoms in total. The molecular weight excluding hydrogens is 326 g/mol. The summed E-state index contributed by atoms with van der Waals surface area (Å²) >= 11 is 0. The first-order chi connectivity index (χ1) is 11.6. The molecule has 2 aromatic carbocycles. The van der Waals surface area contributed by atoms with Crippen molar-refractivity contribution in [1.29, 1.82) is 0 Å². The second-order valence-electron chi connectivity index (χ2n) is 8.30. The summed E-state index contributed by atoms with van der Waals surface area (Å²) in [6.07, 6.45) is -0.223. The van der Waals surface area contributed by atoms with Crippen LogP contribution in [0.1, 0.15) is 26.3 Å². The van der Waals surface area contributed by atoms with Crippen molar-refractivity contribution in [2.45, 2.75) is 52.6 Å². The predicted octanol–water partition coefficient (Wildman–Crippen LogP) is 5.93. The van der Waals surface area contributed by atoms with Gasteiger partial charge in [0.1, 0.15) is 5.60 Å². The maximum Gasteiger partial charge on any atom is 0.402 e. The first-order valence-electron chi connectivity index (χ1n) is 8.71. The third kappa shape index (κ3) is 5.75. The zero-order valence-corrected chi connectivity index (χ0v) is 17.2. The van der Waals surface area contributed by atoms with E-state index in [0.29, 0.717) is 6.54 Å². The Kier molecular flexibility index (Phi) is 5.73. The van der Waals surface area contributed by atoms with Gasteiger partial charge in [-0.1, -0.05) is 74.2 Å². The molecule has 0 spiro atoms. The quantitative estimate of drug-likeness (QED) is 0.637. The number of amides is 1. The molecule has 0 bridgehead atoms. The number of nitrogens with zero attached hydrogens (tertiary/aromatic N) is 1. The van der Waals surface area contributed by atoms with Crippen LogP contribution in [0.3, 0.4) is 0 Å². The van der Waals surface area contributed by atoms with E-state index in [9.17, 15) is 4.79 Å². The molecule has 4 heteroatoms. The third-order valence-electron chi connectivity index (χ3n) is 3.83. The Balaban J connectivity index is 2.18. The third-order valence-corrected chi connectivity index (χ3v) is 5.79. The van der Waals surface area contributed by atoms with Crippen molar-refractivity contribution < 1.29 is 9.53 Å². The van der Waals surface area contributed by atoms with Crippen LogP contribution in [-0.2, 0) is 11.3 Å². The Morgan fingerprint density at radius 1 is 0.920 bits per heavy atom. The van der Waals surface area contributed by atoms with Gasteiger partial charge in [0.15, 0.2) is 8.24 Å². The van der Waals surface area contributed by atoms with Gasteiger partial charge < -0.3 is 9.30 Å². The predicted molar refractivity (Wildman–Crippen MR) is 107 cm³/mol. The fourth-order valence-electron chi connectivity index (χ4n) is 2.51. The van der Waals surface area contributed by atoms with Crippen LogP contribution in [0.2, 0.25) is 19.6 Å². The molecule has 0 aliphatic rings. The second-order valence-corrected chi connectivity index (χ2v) is 13.2. The number of ether oxygens (including phenoxy) is 1. The molecule has 0 aliphatic carbocycles. The summed E-state index contributed by atoms with van der Waals surface area (Å²) in [5.41, 5.74) is 3.02. The van der Waals surface area contributed by atoms with E-state index in [-0.39, 0.29) is 6.09 Å². The minimum Gasteiger partial charge on any atom is -0.444 e. The van der Waals surface area contributed by atoms with Crippen LogP contribution in [0.15, 0.2) is 54.6 Å². The number of carbonyl (C=O) groups is 1. The summed E-state index contributed by atoms with van der Waals surface area (Å²) in [5, 5.41) is 0. The molecule has 0 heterocycles. The molecule has 2 aromatic rings. The molecule has 0 fully saturated rings. The average Bonchev–Trinajstić information content (AvgIpc) is 2.51. The summed E-state index contributed by atoms with van der Waals surface area (Å²) in [4.78, 5) is 12.6. The topological polar surface area (TPSA) is 29.5 Å². The summed E-state index contributed by atoms with van der Waals surface area (Å²) in [6, 6.07) is 18.7. The van der Waals surface area contributed by atoms with Crippen molar-refractivity contribution in [3.05, 3.63) is 60.2 Å². The summed E-state index contributed by atoms with van der Waals surface area (Å²) in [6.45, 7) is 12.8. The highest BCUT2D eigenvalue weighted by Crippen LogP contribution is 2.22. The number of hydrogen-bond acceptors (Lipinski definition) is 2. The molecule has 2 rings (SSSR count). The fourth-order valence-corrected chi connectivity index (χ4v) is 3.76. The van der Waals surface area contributed by atoms with Gasteiger partial charge in [0.2, 0.25) is 0 Å². The fraction of sp³-hybridized carbons (Fsp3) is 0.381. The van der Waals surface area contributed by atoms with Gasteiger partial charge in [-0.2, -0.15) is 0 Å². The molecule has 0 aliphatic heterocycles. The van der Waals surface area contributed by atoms with Gasteiger partial charge >= 0.3 is 6.09 Å². The Morgan fingerprint density at radius 2 is 1.44 bits per heavy atom. The molecule has 0 radical (unpaired) electrons. The first-order valence-corrected chi connectivity index (χ1v) is 12.2. The number of hydrogen-bond donors (Lipinski definition) is 0. The van der Waals surface area contributed by atoms with Gasteiger partial charge in [0, 0.05) is 6.54 Å². The van der Waals surface area contributed by atoms with Crippen molar-refractivity contribution in [2.24, 2.45) is 0 Å². The van der Waals surface area contributed by atoms with E-state index >= 15 is 0 Å². The first kappa shape index (κ1) is 19.3. The van der Waals surface area contributed by atoms with Gasteiger partial charge in [-0.3, -0.25) is 0 Å². The Hall–Kier alpha value is -2.07. The number of benzene rings is 2. The van der Waals surface area contributed by atoms with E-state index in [1.807, 2.05) is 43.5 Å². The molecule has 0 unspecified atom stereocenters. The summed E-state index contributed by atoms with van der Waals surface area (Å²) in [5.74, 6) is 0.